The third-order valence-corrected chi connectivity index (χ3v) is 3.61. The van der Waals surface area contributed by atoms with Gasteiger partial charge in [-0.05, 0) is 53.5 Å². The van der Waals surface area contributed by atoms with Gasteiger partial charge in [-0.3, -0.25) is 15.6 Å². The first-order valence-electron chi connectivity index (χ1n) is 7.64. The van der Waals surface area contributed by atoms with Gasteiger partial charge in [0.1, 0.15) is 5.82 Å². The number of halogens is 1. The lowest BCUT2D eigenvalue weighted by Crippen LogP contribution is -2.44. The largest absolute Gasteiger partial charge is 0.331 e. The summed E-state index contributed by atoms with van der Waals surface area (Å²) in [6.45, 7) is 4.26. The van der Waals surface area contributed by atoms with Crippen LogP contribution in [-0.4, -0.2) is 11.0 Å². The van der Waals surface area contributed by atoms with E-state index >= 15 is 0 Å². The number of thiocarbonyl (C=S) groups is 1. The highest BCUT2D eigenvalue weighted by molar-refractivity contribution is 7.80. The van der Waals surface area contributed by atoms with E-state index in [9.17, 15) is 9.18 Å². The number of carbonyl (C=O) groups excluding carboxylic acids is 1. The normalized spacial score (nSPS) is 10.3. The van der Waals surface area contributed by atoms with Gasteiger partial charge in [-0.1, -0.05) is 38.1 Å². The van der Waals surface area contributed by atoms with Crippen LogP contribution in [0.4, 0.5) is 10.1 Å². The quantitative estimate of drug-likeness (QED) is 0.586. The molecule has 0 fully saturated rings. The number of anilines is 1. The van der Waals surface area contributed by atoms with Crippen molar-refractivity contribution in [3.8, 4) is 0 Å². The van der Waals surface area contributed by atoms with E-state index in [4.69, 9.17) is 12.2 Å². The van der Waals surface area contributed by atoms with Gasteiger partial charge < -0.3 is 5.32 Å². The van der Waals surface area contributed by atoms with Crippen LogP contribution in [0.25, 0.3) is 0 Å². The molecule has 0 unspecified atom stereocenters. The van der Waals surface area contributed by atoms with Gasteiger partial charge in [0.15, 0.2) is 5.11 Å². The molecule has 0 atom stereocenters. The summed E-state index contributed by atoms with van der Waals surface area (Å²) in [6, 6.07) is 13.8. The summed E-state index contributed by atoms with van der Waals surface area (Å²) in [4.78, 5) is 11.8. The van der Waals surface area contributed by atoms with Crippen LogP contribution in [0.3, 0.4) is 0 Å². The Morgan fingerprint density at radius 2 is 1.83 bits per heavy atom. The molecule has 0 aliphatic carbocycles. The smallest absolute Gasteiger partial charge is 0.242 e. The van der Waals surface area contributed by atoms with E-state index in [1.165, 1.54) is 17.7 Å². The Morgan fingerprint density at radius 3 is 2.46 bits per heavy atom. The Labute approximate surface area is 146 Å². The Morgan fingerprint density at radius 1 is 1.12 bits per heavy atom. The molecular weight excluding hydrogens is 325 g/mol. The zero-order chi connectivity index (χ0) is 17.5. The highest BCUT2D eigenvalue weighted by Gasteiger charge is 2.05. The molecule has 0 radical (unpaired) electrons. The van der Waals surface area contributed by atoms with Crippen LogP contribution >= 0.6 is 12.2 Å². The van der Waals surface area contributed by atoms with Crippen molar-refractivity contribution in [2.45, 2.75) is 26.2 Å². The van der Waals surface area contributed by atoms with Gasteiger partial charge in [0.2, 0.25) is 5.91 Å². The number of hydrogen-bond donors (Lipinski definition) is 3. The van der Waals surface area contributed by atoms with E-state index < -0.39 is 0 Å². The molecule has 24 heavy (non-hydrogen) atoms. The molecule has 0 spiro atoms. The van der Waals surface area contributed by atoms with E-state index in [2.05, 4.69) is 30.0 Å². The van der Waals surface area contributed by atoms with Crippen LogP contribution in [0.15, 0.2) is 48.5 Å². The molecule has 0 heterocycles. The monoisotopic (exact) mass is 345 g/mol. The van der Waals surface area contributed by atoms with Crippen molar-refractivity contribution >= 4 is 28.9 Å². The molecule has 126 valence electrons. The lowest BCUT2D eigenvalue weighted by atomic mass is 10.0. The van der Waals surface area contributed by atoms with Gasteiger partial charge in [-0.15, -0.1) is 0 Å². The van der Waals surface area contributed by atoms with Gasteiger partial charge >= 0.3 is 0 Å². The number of carbonyl (C=O) groups is 1. The average molecular weight is 345 g/mol. The van der Waals surface area contributed by atoms with Gasteiger partial charge in [0.25, 0.3) is 0 Å². The van der Waals surface area contributed by atoms with Crippen molar-refractivity contribution in [1.82, 2.24) is 10.9 Å². The van der Waals surface area contributed by atoms with E-state index in [1.54, 1.807) is 12.1 Å². The third-order valence-electron chi connectivity index (χ3n) is 3.40. The van der Waals surface area contributed by atoms with E-state index in [0.717, 1.165) is 5.69 Å². The second-order valence-electron chi connectivity index (χ2n) is 5.71. The number of hydrogen-bond acceptors (Lipinski definition) is 2. The maximum Gasteiger partial charge on any atom is 0.242 e. The van der Waals surface area contributed by atoms with Crippen LogP contribution in [0.2, 0.25) is 0 Å². The molecule has 0 saturated carbocycles. The summed E-state index contributed by atoms with van der Waals surface area (Å²) in [5.41, 5.74) is 7.78. The van der Waals surface area contributed by atoms with Gasteiger partial charge in [0.05, 0.1) is 6.42 Å². The molecule has 2 aromatic rings. The molecule has 0 aromatic heterocycles. The van der Waals surface area contributed by atoms with Crippen molar-refractivity contribution in [2.75, 3.05) is 5.32 Å². The molecule has 6 heteroatoms. The van der Waals surface area contributed by atoms with Crippen molar-refractivity contribution in [1.29, 1.82) is 0 Å². The zero-order valence-corrected chi connectivity index (χ0v) is 14.4. The first-order chi connectivity index (χ1) is 11.4. The summed E-state index contributed by atoms with van der Waals surface area (Å²) in [5.74, 6) is -0.207. The lowest BCUT2D eigenvalue weighted by Gasteiger charge is -2.12. The van der Waals surface area contributed by atoms with Gasteiger partial charge in [0, 0.05) is 5.69 Å². The Kier molecular flexibility index (Phi) is 6.26. The van der Waals surface area contributed by atoms with Gasteiger partial charge in [-0.25, -0.2) is 4.39 Å². The molecule has 4 nitrogen and oxygen atoms in total. The predicted molar refractivity (Wildman–Crippen MR) is 98.1 cm³/mol. The van der Waals surface area contributed by atoms with Crippen LogP contribution in [-0.2, 0) is 11.2 Å². The number of amides is 1. The molecule has 2 rings (SSSR count). The molecule has 1 amide bonds. The van der Waals surface area contributed by atoms with E-state index in [0.29, 0.717) is 11.5 Å². The first-order valence-corrected chi connectivity index (χ1v) is 8.05. The second-order valence-corrected chi connectivity index (χ2v) is 6.12. The van der Waals surface area contributed by atoms with Crippen LogP contribution < -0.4 is 16.2 Å². The van der Waals surface area contributed by atoms with Gasteiger partial charge in [-0.2, -0.15) is 0 Å². The Balaban J connectivity index is 1.79. The summed E-state index contributed by atoms with van der Waals surface area (Å²) < 4.78 is 13.1. The molecule has 0 aliphatic heterocycles. The molecule has 2 aromatic carbocycles. The molecular formula is C18H20FN3OS. The lowest BCUT2D eigenvalue weighted by molar-refractivity contribution is -0.120. The number of nitrogens with one attached hydrogen (secondary N) is 3. The minimum atomic E-state index is -0.365. The Bertz CT molecular complexity index is 716. The summed E-state index contributed by atoms with van der Waals surface area (Å²) in [6.07, 6.45) is 0.0659. The summed E-state index contributed by atoms with van der Waals surface area (Å²) >= 11 is 5.13. The minimum absolute atomic E-state index is 0.0659. The van der Waals surface area contributed by atoms with E-state index in [-0.39, 0.29) is 23.3 Å². The van der Waals surface area contributed by atoms with Crippen molar-refractivity contribution in [3.63, 3.8) is 0 Å². The van der Waals surface area contributed by atoms with Crippen LogP contribution in [0.1, 0.15) is 30.9 Å². The fourth-order valence-electron chi connectivity index (χ4n) is 2.12. The fraction of sp³-hybridized carbons (Fsp3) is 0.222. The van der Waals surface area contributed by atoms with Crippen molar-refractivity contribution in [2.24, 2.45) is 0 Å². The van der Waals surface area contributed by atoms with Crippen molar-refractivity contribution in [3.05, 3.63) is 65.5 Å². The molecule has 0 aliphatic rings. The zero-order valence-electron chi connectivity index (χ0n) is 13.6. The van der Waals surface area contributed by atoms with E-state index in [1.807, 2.05) is 24.3 Å². The highest BCUT2D eigenvalue weighted by Crippen LogP contribution is 2.16. The Hall–Kier alpha value is -2.47. The summed E-state index contributed by atoms with van der Waals surface area (Å²) in [7, 11) is 0. The molecule has 0 bridgehead atoms. The summed E-state index contributed by atoms with van der Waals surface area (Å²) in [5, 5.41) is 3.26. The standard InChI is InChI=1S/C18H20FN3OS/c1-12(2)14-6-8-16(9-7-14)20-18(24)22-21-17(23)11-13-4-3-5-15(19)10-13/h3-10,12H,11H2,1-2H3,(H,21,23)(H2,20,22,24). The topological polar surface area (TPSA) is 53.2 Å². The third kappa shape index (κ3) is 5.62. The first kappa shape index (κ1) is 17.9. The van der Waals surface area contributed by atoms with Crippen LogP contribution in [0, 0.1) is 5.82 Å². The number of rotatable bonds is 4. The highest BCUT2D eigenvalue weighted by atomic mass is 32.1. The average Bonchev–Trinajstić information content (AvgIpc) is 2.53. The van der Waals surface area contributed by atoms with Crippen LogP contribution in [0.5, 0.6) is 0 Å². The number of benzene rings is 2. The minimum Gasteiger partial charge on any atom is -0.331 e. The molecule has 3 N–H and O–H groups in total. The SMILES string of the molecule is CC(C)c1ccc(NC(=S)NNC(=O)Cc2cccc(F)c2)cc1. The maximum atomic E-state index is 13.1. The second kappa shape index (κ2) is 8.40. The fourth-order valence-corrected chi connectivity index (χ4v) is 2.29. The maximum absolute atomic E-state index is 13.1. The van der Waals surface area contributed by atoms with Crippen molar-refractivity contribution < 1.29 is 9.18 Å². The molecule has 0 saturated heterocycles. The number of hydrazine groups is 1. The predicted octanol–water partition coefficient (Wildman–Crippen LogP) is 3.51.